The van der Waals surface area contributed by atoms with Crippen molar-refractivity contribution in [2.75, 3.05) is 11.1 Å². The Balaban J connectivity index is 1.45. The number of hydrogen-bond donors (Lipinski definition) is 2. The summed E-state index contributed by atoms with van der Waals surface area (Å²) in [6, 6.07) is 13.8. The first-order chi connectivity index (χ1) is 17.9. The molecule has 1 amide bonds. The van der Waals surface area contributed by atoms with E-state index < -0.39 is 0 Å². The lowest BCUT2D eigenvalue weighted by molar-refractivity contribution is 0.0957. The highest BCUT2D eigenvalue weighted by atomic mass is 35.5. The molecule has 6 rings (SSSR count). The molecule has 0 unspecified atom stereocenters. The van der Waals surface area contributed by atoms with E-state index in [1.807, 2.05) is 67.8 Å². The average Bonchev–Trinajstić information content (AvgIpc) is 3.61. The highest BCUT2D eigenvalue weighted by Gasteiger charge is 2.45. The van der Waals surface area contributed by atoms with E-state index in [0.717, 1.165) is 57.8 Å². The molecule has 1 aliphatic heterocycles. The first-order valence-electron chi connectivity index (χ1n) is 12.0. The fourth-order valence-electron chi connectivity index (χ4n) is 4.66. The Bertz CT molecular complexity index is 1590. The van der Waals surface area contributed by atoms with Crippen LogP contribution in [0.4, 0.5) is 5.82 Å². The minimum absolute atomic E-state index is 0.106. The molecule has 2 aliphatic rings. The van der Waals surface area contributed by atoms with Gasteiger partial charge in [0.1, 0.15) is 11.6 Å². The maximum atomic E-state index is 13.2. The second kappa shape index (κ2) is 9.36. The summed E-state index contributed by atoms with van der Waals surface area (Å²) in [6.07, 6.45) is 5.70. The maximum Gasteiger partial charge on any atom is 0.293 e. The maximum absolute atomic E-state index is 13.2. The smallest absolute Gasteiger partial charge is 0.293 e. The molecular formula is C28H24ClN5O2S. The van der Waals surface area contributed by atoms with Crippen LogP contribution in [0.15, 0.2) is 70.2 Å². The highest BCUT2D eigenvalue weighted by molar-refractivity contribution is 8.02. The summed E-state index contributed by atoms with van der Waals surface area (Å²) in [4.78, 5) is 22.5. The van der Waals surface area contributed by atoms with Gasteiger partial charge in [0.25, 0.3) is 5.91 Å². The van der Waals surface area contributed by atoms with E-state index in [2.05, 4.69) is 26.8 Å². The molecule has 0 radical (unpaired) electrons. The van der Waals surface area contributed by atoms with Crippen molar-refractivity contribution in [2.45, 2.75) is 32.2 Å². The normalized spacial score (nSPS) is 15.9. The van der Waals surface area contributed by atoms with Crippen LogP contribution < -0.4 is 10.6 Å². The van der Waals surface area contributed by atoms with Gasteiger partial charge in [-0.25, -0.2) is 9.97 Å². The number of carbonyl (C=O) groups is 1. The number of anilines is 1. The Hall–Kier alpha value is -3.62. The van der Waals surface area contributed by atoms with Crippen LogP contribution in [-0.4, -0.2) is 26.8 Å². The molecule has 37 heavy (non-hydrogen) atoms. The average molecular weight is 530 g/mol. The first-order valence-corrected chi connectivity index (χ1v) is 13.4. The molecule has 0 atom stereocenters. The van der Waals surface area contributed by atoms with Crippen molar-refractivity contribution in [3.63, 3.8) is 0 Å². The van der Waals surface area contributed by atoms with E-state index in [1.54, 1.807) is 11.8 Å². The predicted octanol–water partition coefficient (Wildman–Crippen LogP) is 6.53. The lowest BCUT2D eigenvalue weighted by Crippen LogP contribution is -2.26. The van der Waals surface area contributed by atoms with Crippen LogP contribution in [0, 0.1) is 13.8 Å². The van der Waals surface area contributed by atoms with Crippen LogP contribution in [0.1, 0.15) is 40.5 Å². The minimum Gasteiger partial charge on any atom is -0.361 e. The molecule has 0 spiro atoms. The van der Waals surface area contributed by atoms with Gasteiger partial charge in [-0.1, -0.05) is 41.0 Å². The van der Waals surface area contributed by atoms with E-state index in [-0.39, 0.29) is 17.3 Å². The Morgan fingerprint density at radius 2 is 2.00 bits per heavy atom. The number of benzene rings is 2. The summed E-state index contributed by atoms with van der Waals surface area (Å²) in [5.74, 6) is 1.91. The molecule has 4 aromatic rings. The first kappa shape index (κ1) is 23.8. The van der Waals surface area contributed by atoms with Gasteiger partial charge in [-0.3, -0.25) is 4.79 Å². The van der Waals surface area contributed by atoms with Gasteiger partial charge in [-0.15, -0.1) is 11.8 Å². The van der Waals surface area contributed by atoms with E-state index in [4.69, 9.17) is 21.1 Å². The van der Waals surface area contributed by atoms with Gasteiger partial charge >= 0.3 is 0 Å². The van der Waals surface area contributed by atoms with E-state index in [1.165, 1.54) is 0 Å². The summed E-state index contributed by atoms with van der Waals surface area (Å²) >= 11 is 7.98. The standard InChI is InChI=1S/C28H24ClN5O2S/c1-16-24(17(2)36-34-16)18-6-7-23-22(14-18)25(33-28(10-11-28)19-4-3-5-20(29)15-19)32-26(31-23)27(35)30-21-8-12-37-13-9-21/h3-9,12,14-15H,10-11,13H2,1-2H3,(H,30,35)(H,31,32,33). The molecule has 186 valence electrons. The van der Waals surface area contributed by atoms with Crippen molar-refractivity contribution in [2.24, 2.45) is 0 Å². The molecule has 1 aliphatic carbocycles. The van der Waals surface area contributed by atoms with Gasteiger partial charge in [-0.05, 0) is 73.6 Å². The number of amides is 1. The summed E-state index contributed by atoms with van der Waals surface area (Å²) in [6.45, 7) is 3.82. The van der Waals surface area contributed by atoms with Crippen molar-refractivity contribution >= 4 is 46.0 Å². The lowest BCUT2D eigenvalue weighted by Gasteiger charge is -2.21. The van der Waals surface area contributed by atoms with Crippen LogP contribution in [0.5, 0.6) is 0 Å². The van der Waals surface area contributed by atoms with E-state index in [9.17, 15) is 4.79 Å². The quantitative estimate of drug-likeness (QED) is 0.293. The number of aryl methyl sites for hydroxylation is 2. The van der Waals surface area contributed by atoms with E-state index in [0.29, 0.717) is 16.4 Å². The van der Waals surface area contributed by atoms with E-state index >= 15 is 0 Å². The van der Waals surface area contributed by atoms with Gasteiger partial charge in [0.05, 0.1) is 16.7 Å². The van der Waals surface area contributed by atoms with Gasteiger partial charge in [0.15, 0.2) is 0 Å². The monoisotopic (exact) mass is 529 g/mol. The van der Waals surface area contributed by atoms with Crippen LogP contribution >= 0.6 is 23.4 Å². The Labute approximate surface area is 223 Å². The number of nitrogens with one attached hydrogen (secondary N) is 2. The Morgan fingerprint density at radius 3 is 2.70 bits per heavy atom. The molecule has 1 fully saturated rings. The van der Waals surface area contributed by atoms with Crippen LogP contribution in [-0.2, 0) is 5.54 Å². The fraction of sp³-hybridized carbons (Fsp3) is 0.214. The number of thioether (sulfide) groups is 1. The molecule has 0 saturated heterocycles. The molecule has 7 nitrogen and oxygen atoms in total. The van der Waals surface area contributed by atoms with Crippen molar-refractivity contribution in [3.05, 3.63) is 93.6 Å². The number of allylic oxidation sites excluding steroid dienone is 1. The van der Waals surface area contributed by atoms with Crippen LogP contribution in [0.25, 0.3) is 22.0 Å². The Morgan fingerprint density at radius 1 is 1.14 bits per heavy atom. The minimum atomic E-state index is -0.352. The number of hydrogen-bond acceptors (Lipinski definition) is 7. The largest absolute Gasteiger partial charge is 0.361 e. The third-order valence-electron chi connectivity index (χ3n) is 6.71. The Kier molecular flexibility index (Phi) is 6.01. The molecule has 2 aromatic heterocycles. The topological polar surface area (TPSA) is 92.9 Å². The zero-order valence-electron chi connectivity index (χ0n) is 20.3. The molecule has 3 heterocycles. The van der Waals surface area contributed by atoms with Crippen molar-refractivity contribution in [1.82, 2.24) is 20.4 Å². The molecule has 2 aromatic carbocycles. The molecule has 0 bridgehead atoms. The SMILES string of the molecule is Cc1noc(C)c1-c1ccc2nc(C(=O)NC3=CCSC=C3)nc(NC3(c4cccc(Cl)c4)CC3)c2c1. The number of halogens is 1. The summed E-state index contributed by atoms with van der Waals surface area (Å²) < 4.78 is 5.40. The zero-order valence-corrected chi connectivity index (χ0v) is 21.9. The molecule has 9 heteroatoms. The zero-order chi connectivity index (χ0) is 25.6. The van der Waals surface area contributed by atoms with Crippen molar-refractivity contribution < 1.29 is 9.32 Å². The number of rotatable bonds is 6. The molecular weight excluding hydrogens is 506 g/mol. The number of fused-ring (bicyclic) bond motifs is 1. The van der Waals surface area contributed by atoms with Gasteiger partial charge in [0, 0.05) is 27.4 Å². The summed E-state index contributed by atoms with van der Waals surface area (Å²) in [7, 11) is 0. The predicted molar refractivity (Wildman–Crippen MR) is 148 cm³/mol. The third kappa shape index (κ3) is 4.63. The van der Waals surface area contributed by atoms with Crippen molar-refractivity contribution in [3.8, 4) is 11.1 Å². The van der Waals surface area contributed by atoms with Crippen molar-refractivity contribution in [1.29, 1.82) is 0 Å². The van der Waals surface area contributed by atoms with Gasteiger partial charge < -0.3 is 15.2 Å². The molecule has 2 N–H and O–H groups in total. The molecule has 1 saturated carbocycles. The number of carbonyl (C=O) groups excluding carboxylic acids is 1. The fourth-order valence-corrected chi connectivity index (χ4v) is 5.48. The number of aromatic nitrogens is 3. The second-order valence-corrected chi connectivity index (χ2v) is 10.7. The second-order valence-electron chi connectivity index (χ2n) is 9.29. The summed E-state index contributed by atoms with van der Waals surface area (Å²) in [5, 5.41) is 14.1. The third-order valence-corrected chi connectivity index (χ3v) is 7.63. The van der Waals surface area contributed by atoms with Crippen LogP contribution in [0.3, 0.4) is 0 Å². The number of nitrogens with zero attached hydrogens (tertiary/aromatic N) is 3. The highest BCUT2D eigenvalue weighted by Crippen LogP contribution is 2.49. The summed E-state index contributed by atoms with van der Waals surface area (Å²) in [5.41, 5.74) is 4.92. The lowest BCUT2D eigenvalue weighted by atomic mass is 10.0. The van der Waals surface area contributed by atoms with Crippen LogP contribution in [0.2, 0.25) is 5.02 Å². The van der Waals surface area contributed by atoms with Gasteiger partial charge in [0.2, 0.25) is 5.82 Å². The van der Waals surface area contributed by atoms with Gasteiger partial charge in [-0.2, -0.15) is 0 Å².